The van der Waals surface area contributed by atoms with Crippen molar-refractivity contribution in [2.24, 2.45) is 0 Å². The molecule has 0 saturated carbocycles. The summed E-state index contributed by atoms with van der Waals surface area (Å²) >= 11 is 0. The number of hydrogen-bond donors (Lipinski definition) is 0. The lowest BCUT2D eigenvalue weighted by molar-refractivity contribution is -0.130. The van der Waals surface area contributed by atoms with E-state index >= 15 is 0 Å². The molecule has 0 aliphatic rings. The first-order valence-corrected chi connectivity index (χ1v) is 4.12. The molecule has 0 aliphatic heterocycles. The van der Waals surface area contributed by atoms with Crippen LogP contribution in [0.4, 0.5) is 0 Å². The Bertz CT molecular complexity index is 175. The normalized spacial score (nSPS) is 10.2. The molecule has 0 aliphatic carbocycles. The van der Waals surface area contributed by atoms with Gasteiger partial charge in [0, 0.05) is 12.7 Å². The molecule has 0 radical (unpaired) electrons. The van der Waals surface area contributed by atoms with Gasteiger partial charge in [0.2, 0.25) is 5.91 Å². The number of carbonyl (C=O) groups is 2. The minimum atomic E-state index is -0.134. The topological polar surface area (TPSA) is 37.4 Å². The standard InChI is InChI=1S/C9H15NO2/c1-3-6-10(7-4-2)9(12)5-8-11/h3,6,8H,4-5,7H2,1-2H3/b6-3+. The van der Waals surface area contributed by atoms with Gasteiger partial charge in [-0.15, -0.1) is 0 Å². The molecular weight excluding hydrogens is 154 g/mol. The van der Waals surface area contributed by atoms with Crippen LogP contribution in [0.5, 0.6) is 0 Å². The Morgan fingerprint density at radius 2 is 2.17 bits per heavy atom. The first-order valence-electron chi connectivity index (χ1n) is 4.12. The van der Waals surface area contributed by atoms with E-state index in [1.807, 2.05) is 13.8 Å². The molecular formula is C9H15NO2. The number of carbonyl (C=O) groups excluding carboxylic acids is 2. The highest BCUT2D eigenvalue weighted by Gasteiger charge is 2.07. The van der Waals surface area contributed by atoms with Gasteiger partial charge in [0.05, 0.1) is 6.42 Å². The highest BCUT2D eigenvalue weighted by molar-refractivity contribution is 5.88. The molecule has 0 aromatic rings. The van der Waals surface area contributed by atoms with E-state index < -0.39 is 0 Å². The summed E-state index contributed by atoms with van der Waals surface area (Å²) in [7, 11) is 0. The van der Waals surface area contributed by atoms with Crippen LogP contribution in [0.3, 0.4) is 0 Å². The zero-order valence-corrected chi connectivity index (χ0v) is 7.62. The third kappa shape index (κ3) is 3.91. The average molecular weight is 169 g/mol. The molecule has 0 saturated heterocycles. The van der Waals surface area contributed by atoms with Crippen LogP contribution in [0.15, 0.2) is 12.3 Å². The zero-order chi connectivity index (χ0) is 9.40. The van der Waals surface area contributed by atoms with Crippen molar-refractivity contribution in [3.63, 3.8) is 0 Å². The van der Waals surface area contributed by atoms with Crippen molar-refractivity contribution < 1.29 is 9.59 Å². The molecule has 0 N–H and O–H groups in total. The number of aldehydes is 1. The quantitative estimate of drug-likeness (QED) is 0.460. The molecule has 0 unspecified atom stereocenters. The molecule has 0 heterocycles. The molecule has 0 fully saturated rings. The van der Waals surface area contributed by atoms with Crippen molar-refractivity contribution in [1.82, 2.24) is 4.90 Å². The smallest absolute Gasteiger partial charge is 0.233 e. The lowest BCUT2D eigenvalue weighted by Crippen LogP contribution is -2.26. The number of amides is 1. The van der Waals surface area contributed by atoms with E-state index in [9.17, 15) is 9.59 Å². The van der Waals surface area contributed by atoms with E-state index in [-0.39, 0.29) is 12.3 Å². The number of allylic oxidation sites excluding steroid dienone is 1. The summed E-state index contributed by atoms with van der Waals surface area (Å²) in [6.07, 6.45) is 5.00. The van der Waals surface area contributed by atoms with E-state index in [0.29, 0.717) is 12.8 Å². The van der Waals surface area contributed by atoms with Gasteiger partial charge in [0.15, 0.2) is 0 Å². The van der Waals surface area contributed by atoms with E-state index in [1.54, 1.807) is 17.2 Å². The molecule has 0 rings (SSSR count). The Kier molecular flexibility index (Phi) is 5.97. The van der Waals surface area contributed by atoms with Crippen LogP contribution in [0.1, 0.15) is 26.7 Å². The van der Waals surface area contributed by atoms with Crippen molar-refractivity contribution in [1.29, 1.82) is 0 Å². The fraction of sp³-hybridized carbons (Fsp3) is 0.556. The second kappa shape index (κ2) is 6.58. The third-order valence-corrected chi connectivity index (χ3v) is 1.37. The van der Waals surface area contributed by atoms with E-state index in [0.717, 1.165) is 6.42 Å². The Morgan fingerprint density at radius 1 is 1.50 bits per heavy atom. The van der Waals surface area contributed by atoms with Gasteiger partial charge in [-0.2, -0.15) is 0 Å². The molecule has 0 aromatic carbocycles. The van der Waals surface area contributed by atoms with Crippen LogP contribution in [0.2, 0.25) is 0 Å². The van der Waals surface area contributed by atoms with Gasteiger partial charge in [-0.05, 0) is 13.3 Å². The van der Waals surface area contributed by atoms with Gasteiger partial charge in [-0.1, -0.05) is 13.0 Å². The van der Waals surface area contributed by atoms with Gasteiger partial charge in [0.25, 0.3) is 0 Å². The van der Waals surface area contributed by atoms with Crippen LogP contribution in [-0.2, 0) is 9.59 Å². The molecule has 0 spiro atoms. The Labute approximate surface area is 73.1 Å². The summed E-state index contributed by atoms with van der Waals surface area (Å²) in [5, 5.41) is 0. The first kappa shape index (κ1) is 10.9. The van der Waals surface area contributed by atoms with Crippen LogP contribution >= 0.6 is 0 Å². The molecule has 3 heteroatoms. The lowest BCUT2D eigenvalue weighted by atomic mass is 10.3. The van der Waals surface area contributed by atoms with Crippen molar-refractivity contribution in [3.05, 3.63) is 12.3 Å². The number of hydrogen-bond acceptors (Lipinski definition) is 2. The van der Waals surface area contributed by atoms with E-state index in [1.165, 1.54) is 0 Å². The van der Waals surface area contributed by atoms with E-state index in [2.05, 4.69) is 0 Å². The van der Waals surface area contributed by atoms with E-state index in [4.69, 9.17) is 0 Å². The predicted octanol–water partition coefficient (Wildman–Crippen LogP) is 1.35. The molecule has 0 atom stereocenters. The maximum atomic E-state index is 11.2. The SMILES string of the molecule is C/C=C/N(CCC)C(=O)CC=O. The van der Waals surface area contributed by atoms with Gasteiger partial charge in [-0.3, -0.25) is 4.79 Å². The summed E-state index contributed by atoms with van der Waals surface area (Å²) in [6.45, 7) is 4.51. The Hall–Kier alpha value is -1.12. The fourth-order valence-electron chi connectivity index (χ4n) is 0.892. The Morgan fingerprint density at radius 3 is 2.58 bits per heavy atom. The molecule has 1 amide bonds. The molecule has 68 valence electrons. The summed E-state index contributed by atoms with van der Waals surface area (Å²) in [4.78, 5) is 22.8. The average Bonchev–Trinajstić information content (AvgIpc) is 2.04. The van der Waals surface area contributed by atoms with Gasteiger partial charge in [0.1, 0.15) is 6.29 Å². The summed E-state index contributed by atoms with van der Waals surface area (Å²) in [5.41, 5.74) is 0. The molecule has 0 aromatic heterocycles. The van der Waals surface area contributed by atoms with Crippen molar-refractivity contribution in [3.8, 4) is 0 Å². The largest absolute Gasteiger partial charge is 0.319 e. The van der Waals surface area contributed by atoms with Crippen molar-refractivity contribution in [2.45, 2.75) is 26.7 Å². The maximum absolute atomic E-state index is 11.2. The Balaban J connectivity index is 4.07. The maximum Gasteiger partial charge on any atom is 0.233 e. The third-order valence-electron chi connectivity index (χ3n) is 1.37. The first-order chi connectivity index (χ1) is 5.76. The highest BCUT2D eigenvalue weighted by Crippen LogP contribution is 1.96. The van der Waals surface area contributed by atoms with Gasteiger partial charge in [-0.25, -0.2) is 0 Å². The lowest BCUT2D eigenvalue weighted by Gasteiger charge is -2.15. The highest BCUT2D eigenvalue weighted by atomic mass is 16.2. The van der Waals surface area contributed by atoms with Crippen molar-refractivity contribution in [2.75, 3.05) is 6.54 Å². The number of nitrogens with zero attached hydrogens (tertiary/aromatic N) is 1. The van der Waals surface area contributed by atoms with Crippen LogP contribution < -0.4 is 0 Å². The van der Waals surface area contributed by atoms with Crippen LogP contribution in [0.25, 0.3) is 0 Å². The summed E-state index contributed by atoms with van der Waals surface area (Å²) in [6, 6.07) is 0. The summed E-state index contributed by atoms with van der Waals surface area (Å²) in [5.74, 6) is -0.134. The van der Waals surface area contributed by atoms with Crippen LogP contribution in [0, 0.1) is 0 Å². The second-order valence-electron chi connectivity index (χ2n) is 2.44. The molecule has 12 heavy (non-hydrogen) atoms. The monoisotopic (exact) mass is 169 g/mol. The minimum absolute atomic E-state index is 0.0235. The predicted molar refractivity (Wildman–Crippen MR) is 47.5 cm³/mol. The molecule has 3 nitrogen and oxygen atoms in total. The van der Waals surface area contributed by atoms with Gasteiger partial charge < -0.3 is 9.69 Å². The van der Waals surface area contributed by atoms with Gasteiger partial charge >= 0.3 is 0 Å². The van der Waals surface area contributed by atoms with Crippen LogP contribution in [-0.4, -0.2) is 23.6 Å². The zero-order valence-electron chi connectivity index (χ0n) is 7.62. The fourth-order valence-corrected chi connectivity index (χ4v) is 0.892. The second-order valence-corrected chi connectivity index (χ2v) is 2.44. The molecule has 0 bridgehead atoms. The summed E-state index contributed by atoms with van der Waals surface area (Å²) < 4.78 is 0. The minimum Gasteiger partial charge on any atom is -0.319 e. The van der Waals surface area contributed by atoms with Crippen molar-refractivity contribution >= 4 is 12.2 Å². The number of rotatable bonds is 5.